The van der Waals surface area contributed by atoms with E-state index in [1.807, 2.05) is 0 Å². The van der Waals surface area contributed by atoms with Crippen molar-refractivity contribution in [3.63, 3.8) is 0 Å². The normalized spacial score (nSPS) is 19.1. The van der Waals surface area contributed by atoms with Crippen molar-refractivity contribution in [2.45, 2.75) is 44.1 Å². The van der Waals surface area contributed by atoms with Gasteiger partial charge in [0.25, 0.3) is 5.91 Å². The molecule has 1 aliphatic heterocycles. The molecule has 2 aromatic carbocycles. The summed E-state index contributed by atoms with van der Waals surface area (Å²) in [6, 6.07) is 4.12. The van der Waals surface area contributed by atoms with E-state index in [4.69, 9.17) is 4.74 Å². The number of imide groups is 1. The smallest absolute Gasteiger partial charge is 0.418 e. The molecule has 5 amide bonds. The van der Waals surface area contributed by atoms with Crippen LogP contribution in [0, 0.1) is 11.6 Å². The van der Waals surface area contributed by atoms with Crippen molar-refractivity contribution in [3.05, 3.63) is 64.7 Å². The second-order valence-electron chi connectivity index (χ2n) is 9.15. The number of aryl methyl sites for hydroxylation is 1. The Bertz CT molecular complexity index is 1350. The van der Waals surface area contributed by atoms with Crippen LogP contribution < -0.4 is 10.6 Å². The lowest BCUT2D eigenvalue weighted by molar-refractivity contribution is -0.187. The van der Waals surface area contributed by atoms with Gasteiger partial charge in [0.15, 0.2) is 11.6 Å². The topological polar surface area (TPSA) is 108 Å². The number of amides is 5. The number of alkyl halides is 3. The number of anilines is 1. The molecule has 2 aromatic rings. The van der Waals surface area contributed by atoms with Gasteiger partial charge in [-0.1, -0.05) is 12.1 Å². The van der Waals surface area contributed by atoms with E-state index >= 15 is 0 Å². The first kappa shape index (κ1) is 27.8. The van der Waals surface area contributed by atoms with Gasteiger partial charge in [-0.25, -0.2) is 23.3 Å². The van der Waals surface area contributed by atoms with Gasteiger partial charge in [0.2, 0.25) is 11.5 Å². The highest BCUT2D eigenvalue weighted by Crippen LogP contribution is 2.46. The third kappa shape index (κ3) is 5.22. The van der Waals surface area contributed by atoms with Gasteiger partial charge in [0.05, 0.1) is 0 Å². The summed E-state index contributed by atoms with van der Waals surface area (Å²) in [4.78, 5) is 51.5. The lowest BCUT2D eigenvalue weighted by atomic mass is 9.94. The van der Waals surface area contributed by atoms with Gasteiger partial charge >= 0.3 is 18.3 Å². The zero-order valence-electron chi connectivity index (χ0n) is 20.7. The quantitative estimate of drug-likeness (QED) is 0.528. The Morgan fingerprint density at radius 3 is 2.49 bits per heavy atom. The molecule has 1 unspecified atom stereocenters. The van der Waals surface area contributed by atoms with Gasteiger partial charge < -0.3 is 20.3 Å². The molecule has 0 bridgehead atoms. The molecule has 4 rings (SSSR count). The number of carbonyl (C=O) groups excluding carboxylic acids is 4. The van der Waals surface area contributed by atoms with Crippen molar-refractivity contribution in [2.75, 3.05) is 18.9 Å². The van der Waals surface area contributed by atoms with E-state index in [0.717, 1.165) is 6.07 Å². The maximum atomic E-state index is 13.7. The summed E-state index contributed by atoms with van der Waals surface area (Å²) in [5, 5.41) is 4.97. The first-order valence-electron chi connectivity index (χ1n) is 11.7. The molecule has 2 aliphatic rings. The number of nitrogens with one attached hydrogen (secondary N) is 2. The van der Waals surface area contributed by atoms with Gasteiger partial charge in [-0.2, -0.15) is 13.2 Å². The van der Waals surface area contributed by atoms with Crippen LogP contribution in [-0.2, 0) is 32.9 Å². The number of benzene rings is 2. The molecule has 39 heavy (non-hydrogen) atoms. The summed E-state index contributed by atoms with van der Waals surface area (Å²) >= 11 is 0. The number of halogens is 5. The third-order valence-corrected chi connectivity index (χ3v) is 6.74. The lowest BCUT2D eigenvalue weighted by Gasteiger charge is -2.31. The molecule has 2 N–H and O–H groups in total. The Morgan fingerprint density at radius 1 is 1.13 bits per heavy atom. The van der Waals surface area contributed by atoms with Crippen LogP contribution in [-0.4, -0.2) is 59.5 Å². The minimum atomic E-state index is -4.89. The van der Waals surface area contributed by atoms with Crippen molar-refractivity contribution in [1.82, 2.24) is 15.1 Å². The number of urea groups is 1. The van der Waals surface area contributed by atoms with E-state index in [9.17, 15) is 41.1 Å². The van der Waals surface area contributed by atoms with E-state index in [1.165, 1.54) is 19.2 Å². The number of ether oxygens (including phenoxy) is 1. The highest BCUT2D eigenvalue weighted by atomic mass is 19.4. The number of rotatable bonds is 6. The molecule has 0 saturated carbocycles. The molecule has 9 nitrogen and oxygen atoms in total. The van der Waals surface area contributed by atoms with Crippen LogP contribution in [0.25, 0.3) is 0 Å². The van der Waals surface area contributed by atoms with Crippen molar-refractivity contribution < 1.29 is 45.9 Å². The van der Waals surface area contributed by atoms with Crippen LogP contribution >= 0.6 is 0 Å². The molecule has 1 fully saturated rings. The fraction of sp³-hybridized carbons (Fsp3) is 0.360. The van der Waals surface area contributed by atoms with Gasteiger partial charge in [-0.15, -0.1) is 0 Å². The van der Waals surface area contributed by atoms with Gasteiger partial charge in [-0.05, 0) is 48.7 Å². The summed E-state index contributed by atoms with van der Waals surface area (Å²) in [5.41, 5.74) is -0.540. The number of carbonyl (C=O) groups is 4. The van der Waals surface area contributed by atoms with Crippen molar-refractivity contribution in [2.24, 2.45) is 0 Å². The van der Waals surface area contributed by atoms with E-state index in [-0.39, 0.29) is 18.4 Å². The van der Waals surface area contributed by atoms with Crippen LogP contribution in [0.3, 0.4) is 0 Å². The van der Waals surface area contributed by atoms with Crippen molar-refractivity contribution in [1.29, 1.82) is 0 Å². The Labute approximate surface area is 218 Å². The largest absolute Gasteiger partial charge is 0.427 e. The molecule has 1 heterocycles. The maximum absolute atomic E-state index is 13.7. The first-order chi connectivity index (χ1) is 18.3. The van der Waals surface area contributed by atoms with Gasteiger partial charge in [0.1, 0.15) is 12.6 Å². The van der Waals surface area contributed by atoms with E-state index in [0.29, 0.717) is 45.7 Å². The maximum Gasteiger partial charge on any atom is 0.418 e. The Kier molecular flexibility index (Phi) is 7.23. The predicted molar refractivity (Wildman–Crippen MR) is 125 cm³/mol. The van der Waals surface area contributed by atoms with Crippen LogP contribution in [0.1, 0.15) is 30.0 Å². The molecule has 1 aliphatic carbocycles. The number of nitrogens with zero attached hydrogens (tertiary/aromatic N) is 2. The Balaban J connectivity index is 1.57. The lowest BCUT2D eigenvalue weighted by Crippen LogP contribution is -2.51. The average Bonchev–Trinajstić information content (AvgIpc) is 3.35. The molecular formula is C25H23F5N4O5. The fourth-order valence-corrected chi connectivity index (χ4v) is 4.60. The van der Waals surface area contributed by atoms with Crippen LogP contribution in [0.5, 0.6) is 0 Å². The molecular weight excluding hydrogens is 531 g/mol. The van der Waals surface area contributed by atoms with Gasteiger partial charge in [-0.3, -0.25) is 9.59 Å². The number of hydrogen-bond donors (Lipinski definition) is 2. The van der Waals surface area contributed by atoms with Gasteiger partial charge in [0, 0.05) is 31.3 Å². The van der Waals surface area contributed by atoms with Crippen LogP contribution in [0.2, 0.25) is 0 Å². The molecule has 0 radical (unpaired) electrons. The summed E-state index contributed by atoms with van der Waals surface area (Å²) in [5.74, 6) is -4.70. The van der Waals surface area contributed by atoms with Crippen LogP contribution in [0.4, 0.5) is 37.2 Å². The Morgan fingerprint density at radius 2 is 1.85 bits per heavy atom. The zero-order valence-corrected chi connectivity index (χ0v) is 20.7. The summed E-state index contributed by atoms with van der Waals surface area (Å²) < 4.78 is 73.1. The summed E-state index contributed by atoms with van der Waals surface area (Å²) in [7, 11) is 1.43. The fourth-order valence-electron chi connectivity index (χ4n) is 4.60. The van der Waals surface area contributed by atoms with Crippen molar-refractivity contribution in [3.8, 4) is 0 Å². The second-order valence-corrected chi connectivity index (χ2v) is 9.15. The molecule has 208 valence electrons. The molecule has 0 aromatic heterocycles. The minimum absolute atomic E-state index is 0.0263. The van der Waals surface area contributed by atoms with E-state index in [2.05, 4.69) is 10.6 Å². The molecule has 1 saturated heterocycles. The van der Waals surface area contributed by atoms with E-state index < -0.39 is 66.5 Å². The predicted octanol–water partition coefficient (Wildman–Crippen LogP) is 3.82. The van der Waals surface area contributed by atoms with Crippen LogP contribution in [0.15, 0.2) is 36.4 Å². The minimum Gasteiger partial charge on any atom is -0.427 e. The standard InChI is InChI=1S/C25H23F5N4O5/c1-13(25(28,29)30)33(11-14-3-6-18(26)19(27)9-14)20(35)12-34-21(36)24(39-23(34)38)8-7-15-10-16(4-5-17(15)24)32-22(37)31-2/h3-6,9-10,13H,7-8,11-12H2,1-2H3,(H2,31,32,37)/t13-,24?/m0/s1. The second kappa shape index (κ2) is 10.2. The SMILES string of the molecule is CNC(=O)Nc1ccc2c(c1)CCC21OC(=O)N(CC(=O)N(Cc2ccc(F)c(F)c2)[C@@H](C)C(F)(F)F)C1=O. The summed E-state index contributed by atoms with van der Waals surface area (Å²) in [6.45, 7) is -1.13. The highest BCUT2D eigenvalue weighted by Gasteiger charge is 2.58. The average molecular weight is 554 g/mol. The molecule has 14 heteroatoms. The first-order valence-corrected chi connectivity index (χ1v) is 11.7. The molecule has 1 spiro atoms. The van der Waals surface area contributed by atoms with Crippen molar-refractivity contribution >= 4 is 29.6 Å². The monoisotopic (exact) mass is 554 g/mol. The summed E-state index contributed by atoms with van der Waals surface area (Å²) in [6.07, 6.45) is -5.79. The number of hydrogen-bond acceptors (Lipinski definition) is 5. The van der Waals surface area contributed by atoms with E-state index in [1.54, 1.807) is 6.07 Å². The zero-order chi connectivity index (χ0) is 28.7. The molecule has 2 atom stereocenters. The number of fused-ring (bicyclic) bond motifs is 2. The third-order valence-electron chi connectivity index (χ3n) is 6.74. The Hall–Kier alpha value is -4.23. The highest BCUT2D eigenvalue weighted by molar-refractivity contribution is 6.06.